The molecule has 2 saturated heterocycles. The second-order valence-electron chi connectivity index (χ2n) is 6.51. The highest BCUT2D eigenvalue weighted by Crippen LogP contribution is 2.39. The van der Waals surface area contributed by atoms with E-state index in [9.17, 15) is 13.2 Å². The van der Waals surface area contributed by atoms with Gasteiger partial charge in [-0.1, -0.05) is 17.4 Å². The molecule has 2 aliphatic heterocycles. The molecule has 0 atom stereocenters. The number of hydrogen-bond acceptors (Lipinski definition) is 5. The summed E-state index contributed by atoms with van der Waals surface area (Å²) in [6, 6.07) is 4.82. The van der Waals surface area contributed by atoms with Gasteiger partial charge in [0.05, 0.1) is 29.0 Å². The first-order chi connectivity index (χ1) is 12.0. The number of nitrogens with zero attached hydrogens (tertiary/aromatic N) is 3. The molecule has 0 amide bonds. The van der Waals surface area contributed by atoms with Crippen molar-refractivity contribution in [3.8, 4) is 0 Å². The van der Waals surface area contributed by atoms with Crippen LogP contribution in [-0.2, 0) is 10.9 Å². The van der Waals surface area contributed by atoms with Gasteiger partial charge in [-0.25, -0.2) is 4.98 Å². The van der Waals surface area contributed by atoms with Crippen LogP contribution in [0.3, 0.4) is 0 Å². The summed E-state index contributed by atoms with van der Waals surface area (Å²) in [4.78, 5) is 8.93. The summed E-state index contributed by atoms with van der Waals surface area (Å²) < 4.78 is 45.5. The topological polar surface area (TPSA) is 28.6 Å². The van der Waals surface area contributed by atoms with Crippen molar-refractivity contribution in [2.24, 2.45) is 0 Å². The van der Waals surface area contributed by atoms with Crippen molar-refractivity contribution in [2.45, 2.75) is 25.1 Å². The van der Waals surface area contributed by atoms with Crippen molar-refractivity contribution in [3.63, 3.8) is 0 Å². The first kappa shape index (κ1) is 17.1. The standard InChI is InChI=1S/C17H20F3N3OS/c18-17(19,20)13-2-1-3-14-15(13)21-16(25-14)23-6-4-12(5-7-23)22-8-10-24-11-9-22/h1-3,12H,4-11H2. The Balaban J connectivity index is 1.49. The van der Waals surface area contributed by atoms with Gasteiger partial charge >= 0.3 is 6.18 Å². The molecule has 2 aliphatic rings. The van der Waals surface area contributed by atoms with Gasteiger partial charge in [0.15, 0.2) is 5.13 Å². The molecule has 2 aromatic rings. The fourth-order valence-corrected chi connectivity index (χ4v) is 4.71. The number of piperidine rings is 1. The summed E-state index contributed by atoms with van der Waals surface area (Å²) in [7, 11) is 0. The molecule has 4 rings (SSSR count). The lowest BCUT2D eigenvalue weighted by Gasteiger charge is -2.40. The Kier molecular flexibility index (Phi) is 4.59. The average Bonchev–Trinajstić information content (AvgIpc) is 3.06. The summed E-state index contributed by atoms with van der Waals surface area (Å²) >= 11 is 1.35. The zero-order valence-corrected chi connectivity index (χ0v) is 14.6. The van der Waals surface area contributed by atoms with Crippen LogP contribution in [0.5, 0.6) is 0 Å². The van der Waals surface area contributed by atoms with Crippen LogP contribution in [0.2, 0.25) is 0 Å². The van der Waals surface area contributed by atoms with Crippen LogP contribution < -0.4 is 4.90 Å². The minimum Gasteiger partial charge on any atom is -0.379 e. The van der Waals surface area contributed by atoms with Gasteiger partial charge in [-0.2, -0.15) is 13.2 Å². The maximum absolute atomic E-state index is 13.2. The number of anilines is 1. The Bertz CT molecular complexity index is 734. The summed E-state index contributed by atoms with van der Waals surface area (Å²) in [5, 5.41) is 0.701. The molecule has 0 bridgehead atoms. The highest BCUT2D eigenvalue weighted by Gasteiger charge is 2.34. The first-order valence-corrected chi connectivity index (χ1v) is 9.37. The van der Waals surface area contributed by atoms with E-state index < -0.39 is 11.7 Å². The van der Waals surface area contributed by atoms with Gasteiger partial charge in [0.1, 0.15) is 0 Å². The van der Waals surface area contributed by atoms with E-state index in [2.05, 4.69) is 14.8 Å². The molecule has 25 heavy (non-hydrogen) atoms. The summed E-state index contributed by atoms with van der Waals surface area (Å²) in [6.45, 7) is 5.20. The Morgan fingerprint density at radius 3 is 2.48 bits per heavy atom. The average molecular weight is 371 g/mol. The molecule has 0 unspecified atom stereocenters. The van der Waals surface area contributed by atoms with Gasteiger partial charge in [-0.15, -0.1) is 0 Å². The molecule has 0 radical (unpaired) electrons. The van der Waals surface area contributed by atoms with Crippen molar-refractivity contribution >= 4 is 26.7 Å². The monoisotopic (exact) mass is 371 g/mol. The molecule has 0 saturated carbocycles. The SMILES string of the molecule is FC(F)(F)c1cccc2sc(N3CCC(N4CCOCC4)CC3)nc12. The zero-order valence-electron chi connectivity index (χ0n) is 13.8. The lowest BCUT2D eigenvalue weighted by molar-refractivity contribution is -0.136. The van der Waals surface area contributed by atoms with E-state index in [-0.39, 0.29) is 5.52 Å². The highest BCUT2D eigenvalue weighted by molar-refractivity contribution is 7.22. The lowest BCUT2D eigenvalue weighted by atomic mass is 10.0. The number of aromatic nitrogens is 1. The van der Waals surface area contributed by atoms with E-state index >= 15 is 0 Å². The predicted octanol–water partition coefficient (Wildman–Crippen LogP) is 3.62. The van der Waals surface area contributed by atoms with Crippen molar-refractivity contribution in [2.75, 3.05) is 44.3 Å². The number of morpholine rings is 1. The van der Waals surface area contributed by atoms with Crippen molar-refractivity contribution < 1.29 is 17.9 Å². The molecule has 0 spiro atoms. The van der Waals surface area contributed by atoms with Gasteiger partial charge in [0.2, 0.25) is 0 Å². The largest absolute Gasteiger partial charge is 0.418 e. The van der Waals surface area contributed by atoms with E-state index in [0.29, 0.717) is 15.9 Å². The Hall–Kier alpha value is -1.38. The molecule has 0 N–H and O–H groups in total. The fraction of sp³-hybridized carbons (Fsp3) is 0.588. The smallest absolute Gasteiger partial charge is 0.379 e. The number of thiazole rings is 1. The molecule has 136 valence electrons. The minimum atomic E-state index is -4.37. The number of benzene rings is 1. The van der Waals surface area contributed by atoms with Crippen LogP contribution in [0.25, 0.3) is 10.2 Å². The number of hydrogen-bond donors (Lipinski definition) is 0. The molecule has 0 aliphatic carbocycles. The third kappa shape index (κ3) is 3.47. The van der Waals surface area contributed by atoms with Crippen LogP contribution in [0.4, 0.5) is 18.3 Å². The molecular formula is C17H20F3N3OS. The zero-order chi connectivity index (χ0) is 17.4. The van der Waals surface area contributed by atoms with Crippen LogP contribution in [0.1, 0.15) is 18.4 Å². The Morgan fingerprint density at radius 1 is 1.08 bits per heavy atom. The number of alkyl halides is 3. The predicted molar refractivity (Wildman–Crippen MR) is 92.2 cm³/mol. The van der Waals surface area contributed by atoms with E-state index in [1.807, 2.05) is 0 Å². The third-order valence-electron chi connectivity index (χ3n) is 5.01. The van der Waals surface area contributed by atoms with Crippen molar-refractivity contribution in [1.29, 1.82) is 0 Å². The molecule has 1 aromatic carbocycles. The van der Waals surface area contributed by atoms with Crippen molar-refractivity contribution in [3.05, 3.63) is 23.8 Å². The van der Waals surface area contributed by atoms with Gasteiger partial charge in [-0.3, -0.25) is 4.90 Å². The van der Waals surface area contributed by atoms with Gasteiger partial charge < -0.3 is 9.64 Å². The van der Waals surface area contributed by atoms with Gasteiger partial charge in [0.25, 0.3) is 0 Å². The molecule has 8 heteroatoms. The van der Waals surface area contributed by atoms with Gasteiger partial charge in [-0.05, 0) is 25.0 Å². The van der Waals surface area contributed by atoms with E-state index in [0.717, 1.165) is 58.3 Å². The second kappa shape index (κ2) is 6.74. The number of para-hydroxylation sites is 1. The van der Waals surface area contributed by atoms with Crippen LogP contribution in [-0.4, -0.2) is 55.3 Å². The van der Waals surface area contributed by atoms with Crippen LogP contribution in [0, 0.1) is 0 Å². The lowest BCUT2D eigenvalue weighted by Crippen LogP contribution is -2.49. The van der Waals surface area contributed by atoms with Gasteiger partial charge in [0, 0.05) is 32.2 Å². The Morgan fingerprint density at radius 2 is 1.80 bits per heavy atom. The van der Waals surface area contributed by atoms with E-state index in [1.54, 1.807) is 6.07 Å². The molecular weight excluding hydrogens is 351 g/mol. The normalized spacial score (nSPS) is 21.2. The van der Waals surface area contributed by atoms with Crippen molar-refractivity contribution in [1.82, 2.24) is 9.88 Å². The highest BCUT2D eigenvalue weighted by atomic mass is 32.1. The number of halogens is 3. The number of fused-ring (bicyclic) bond motifs is 1. The van der Waals surface area contributed by atoms with E-state index in [1.165, 1.54) is 17.4 Å². The Labute approximate surface area is 148 Å². The third-order valence-corrected chi connectivity index (χ3v) is 6.09. The molecule has 3 heterocycles. The minimum absolute atomic E-state index is 0.0744. The molecule has 1 aromatic heterocycles. The quantitative estimate of drug-likeness (QED) is 0.806. The summed E-state index contributed by atoms with van der Waals surface area (Å²) in [5.74, 6) is 0. The maximum atomic E-state index is 13.2. The van der Waals surface area contributed by atoms with E-state index in [4.69, 9.17) is 4.74 Å². The van der Waals surface area contributed by atoms with Crippen LogP contribution in [0.15, 0.2) is 18.2 Å². The maximum Gasteiger partial charge on any atom is 0.418 e. The fourth-order valence-electron chi connectivity index (χ4n) is 3.67. The number of ether oxygens (including phenoxy) is 1. The second-order valence-corrected chi connectivity index (χ2v) is 7.52. The molecule has 4 nitrogen and oxygen atoms in total. The number of rotatable bonds is 2. The van der Waals surface area contributed by atoms with Crippen LogP contribution >= 0.6 is 11.3 Å². The summed E-state index contributed by atoms with van der Waals surface area (Å²) in [6.07, 6.45) is -2.34. The summed E-state index contributed by atoms with van der Waals surface area (Å²) in [5.41, 5.74) is -0.569. The first-order valence-electron chi connectivity index (χ1n) is 8.56. The molecule has 2 fully saturated rings.